The molecule has 2 aromatic heterocycles. The van der Waals surface area contributed by atoms with E-state index >= 15 is 0 Å². The Labute approximate surface area is 101 Å². The number of hydrogen-bond acceptors (Lipinski definition) is 6. The van der Waals surface area contributed by atoms with Gasteiger partial charge in [0.15, 0.2) is 11.0 Å². The Morgan fingerprint density at radius 2 is 2.41 bits per heavy atom. The lowest BCUT2D eigenvalue weighted by Crippen LogP contribution is -2.15. The predicted molar refractivity (Wildman–Crippen MR) is 61.0 cm³/mol. The predicted octanol–water partition coefficient (Wildman–Crippen LogP) is 0.0923. The van der Waals surface area contributed by atoms with Gasteiger partial charge in [0, 0.05) is 7.05 Å². The second kappa shape index (κ2) is 4.45. The monoisotopic (exact) mass is 253 g/mol. The summed E-state index contributed by atoms with van der Waals surface area (Å²) in [6.45, 7) is 1.79. The topological polar surface area (TPSA) is 118 Å². The number of aromatic nitrogens is 5. The van der Waals surface area contributed by atoms with E-state index in [4.69, 9.17) is 10.9 Å². The van der Waals surface area contributed by atoms with Gasteiger partial charge >= 0.3 is 0 Å². The molecule has 90 valence electrons. The van der Waals surface area contributed by atoms with Gasteiger partial charge < -0.3 is 10.9 Å². The Hall–Kier alpha value is -2.03. The quantitative estimate of drug-likeness (QED) is 0.309. The van der Waals surface area contributed by atoms with Gasteiger partial charge in [-0.15, -0.1) is 0 Å². The molecule has 0 radical (unpaired) electrons. The molecule has 0 saturated carbocycles. The van der Waals surface area contributed by atoms with Crippen LogP contribution in [-0.4, -0.2) is 36.0 Å². The first-order chi connectivity index (χ1) is 8.13. The van der Waals surface area contributed by atoms with E-state index in [1.54, 1.807) is 18.7 Å². The Morgan fingerprint density at radius 3 is 3.00 bits per heavy atom. The molecule has 8 nitrogen and oxygen atoms in total. The van der Waals surface area contributed by atoms with Crippen LogP contribution in [0.2, 0.25) is 0 Å². The van der Waals surface area contributed by atoms with Crippen molar-refractivity contribution in [1.29, 1.82) is 0 Å². The first-order valence-electron chi connectivity index (χ1n) is 4.68. The molecule has 17 heavy (non-hydrogen) atoms. The van der Waals surface area contributed by atoms with Crippen LogP contribution in [0.4, 0.5) is 0 Å². The van der Waals surface area contributed by atoms with E-state index in [2.05, 4.69) is 25.4 Å². The van der Waals surface area contributed by atoms with Crippen molar-refractivity contribution in [1.82, 2.24) is 25.0 Å². The highest BCUT2D eigenvalue weighted by Gasteiger charge is 2.19. The fourth-order valence-electron chi connectivity index (χ4n) is 1.43. The molecule has 0 amide bonds. The Bertz CT molecular complexity index is 544. The smallest absolute Gasteiger partial charge is 0.189 e. The standard InChI is InChI=1S/C8H11N7OS/c1-4-5(6(9)14-16)7(15(2)13-4)17-8-10-3-11-12-8/h3,16H,1-2H3,(H2,9,14)(H,10,11,12). The SMILES string of the molecule is Cc1nn(C)c(Sc2ncn[nH]2)c1C(N)=NO. The van der Waals surface area contributed by atoms with E-state index in [9.17, 15) is 0 Å². The molecule has 0 aliphatic carbocycles. The van der Waals surface area contributed by atoms with Crippen LogP contribution >= 0.6 is 11.8 Å². The minimum atomic E-state index is 0.0256. The van der Waals surface area contributed by atoms with E-state index in [1.165, 1.54) is 18.1 Å². The van der Waals surface area contributed by atoms with Crippen LogP contribution in [0.1, 0.15) is 11.3 Å². The second-order valence-corrected chi connectivity index (χ2v) is 4.24. The number of nitrogens with two attached hydrogens (primary N) is 1. The lowest BCUT2D eigenvalue weighted by Gasteiger charge is -2.02. The molecule has 0 atom stereocenters. The van der Waals surface area contributed by atoms with Gasteiger partial charge in [0.05, 0.1) is 11.3 Å². The molecule has 9 heteroatoms. The third kappa shape index (κ3) is 2.09. The number of oxime groups is 1. The molecule has 0 bridgehead atoms. The van der Waals surface area contributed by atoms with Crippen molar-refractivity contribution in [2.75, 3.05) is 0 Å². The van der Waals surface area contributed by atoms with E-state index in [0.29, 0.717) is 16.4 Å². The van der Waals surface area contributed by atoms with Gasteiger partial charge in [-0.3, -0.25) is 9.78 Å². The average molecular weight is 253 g/mol. The van der Waals surface area contributed by atoms with Gasteiger partial charge in [0.2, 0.25) is 0 Å². The van der Waals surface area contributed by atoms with Gasteiger partial charge in [-0.25, -0.2) is 4.98 Å². The summed E-state index contributed by atoms with van der Waals surface area (Å²) >= 11 is 1.31. The average Bonchev–Trinajstić information content (AvgIpc) is 2.88. The summed E-state index contributed by atoms with van der Waals surface area (Å²) < 4.78 is 1.65. The summed E-state index contributed by atoms with van der Waals surface area (Å²) in [6.07, 6.45) is 1.41. The van der Waals surface area contributed by atoms with Crippen LogP contribution < -0.4 is 5.73 Å². The highest BCUT2D eigenvalue weighted by atomic mass is 32.2. The number of amidine groups is 1. The molecule has 2 rings (SSSR count). The van der Waals surface area contributed by atoms with Crippen LogP contribution in [-0.2, 0) is 7.05 Å². The molecule has 0 unspecified atom stereocenters. The molecule has 0 spiro atoms. The molecule has 0 aromatic carbocycles. The van der Waals surface area contributed by atoms with Crippen molar-refractivity contribution in [3.05, 3.63) is 17.6 Å². The van der Waals surface area contributed by atoms with E-state index in [-0.39, 0.29) is 5.84 Å². The molecule has 0 fully saturated rings. The molecule has 0 aliphatic rings. The van der Waals surface area contributed by atoms with Crippen LogP contribution in [0, 0.1) is 6.92 Å². The van der Waals surface area contributed by atoms with Gasteiger partial charge in [-0.05, 0) is 18.7 Å². The minimum Gasteiger partial charge on any atom is -0.409 e. The summed E-state index contributed by atoms with van der Waals surface area (Å²) in [5, 5.41) is 23.8. The van der Waals surface area contributed by atoms with Crippen LogP contribution in [0.25, 0.3) is 0 Å². The zero-order chi connectivity index (χ0) is 12.4. The molecule has 2 heterocycles. The van der Waals surface area contributed by atoms with Crippen molar-refractivity contribution in [3.8, 4) is 0 Å². The van der Waals surface area contributed by atoms with Crippen molar-refractivity contribution in [2.24, 2.45) is 17.9 Å². The first-order valence-corrected chi connectivity index (χ1v) is 5.50. The van der Waals surface area contributed by atoms with Crippen LogP contribution in [0.15, 0.2) is 21.7 Å². The summed E-state index contributed by atoms with van der Waals surface area (Å²) in [7, 11) is 1.78. The number of nitrogens with zero attached hydrogens (tertiary/aromatic N) is 5. The molecular weight excluding hydrogens is 242 g/mol. The third-order valence-electron chi connectivity index (χ3n) is 2.12. The van der Waals surface area contributed by atoms with Crippen LogP contribution in [0.5, 0.6) is 0 Å². The Kier molecular flexibility index (Phi) is 3.00. The Morgan fingerprint density at radius 1 is 1.65 bits per heavy atom. The highest BCUT2D eigenvalue weighted by Crippen LogP contribution is 2.28. The van der Waals surface area contributed by atoms with Gasteiger partial charge in [-0.2, -0.15) is 10.2 Å². The zero-order valence-electron chi connectivity index (χ0n) is 9.25. The molecule has 0 aliphatic heterocycles. The summed E-state index contributed by atoms with van der Waals surface area (Å²) in [4.78, 5) is 4.00. The molecule has 0 saturated heterocycles. The van der Waals surface area contributed by atoms with Crippen molar-refractivity contribution in [2.45, 2.75) is 17.1 Å². The maximum absolute atomic E-state index is 8.75. The van der Waals surface area contributed by atoms with Gasteiger partial charge in [0.1, 0.15) is 11.4 Å². The number of rotatable bonds is 3. The van der Waals surface area contributed by atoms with Gasteiger partial charge in [0.25, 0.3) is 0 Å². The molecule has 2 aromatic rings. The Balaban J connectivity index is 2.45. The summed E-state index contributed by atoms with van der Waals surface area (Å²) in [5.74, 6) is 0.0256. The second-order valence-electron chi connectivity index (χ2n) is 3.27. The number of aromatic amines is 1. The van der Waals surface area contributed by atoms with Crippen molar-refractivity contribution >= 4 is 17.6 Å². The van der Waals surface area contributed by atoms with Crippen LogP contribution in [0.3, 0.4) is 0 Å². The fourth-order valence-corrected chi connectivity index (χ4v) is 2.34. The largest absolute Gasteiger partial charge is 0.409 e. The van der Waals surface area contributed by atoms with Crippen molar-refractivity contribution < 1.29 is 5.21 Å². The minimum absolute atomic E-state index is 0.0256. The highest BCUT2D eigenvalue weighted by molar-refractivity contribution is 7.99. The summed E-state index contributed by atoms with van der Waals surface area (Å²) in [6, 6.07) is 0. The summed E-state index contributed by atoms with van der Waals surface area (Å²) in [5.41, 5.74) is 6.90. The van der Waals surface area contributed by atoms with Gasteiger partial charge in [-0.1, -0.05) is 5.16 Å². The van der Waals surface area contributed by atoms with E-state index in [0.717, 1.165) is 5.03 Å². The normalized spacial score (nSPS) is 12.0. The number of aryl methyl sites for hydroxylation is 2. The maximum Gasteiger partial charge on any atom is 0.189 e. The molecule has 4 N–H and O–H groups in total. The fraction of sp³-hybridized carbons (Fsp3) is 0.250. The molecular formula is C8H11N7OS. The lowest BCUT2D eigenvalue weighted by molar-refractivity contribution is 0.318. The number of hydrogen-bond donors (Lipinski definition) is 3. The third-order valence-corrected chi connectivity index (χ3v) is 3.17. The lowest BCUT2D eigenvalue weighted by atomic mass is 10.2. The van der Waals surface area contributed by atoms with Crippen molar-refractivity contribution in [3.63, 3.8) is 0 Å². The maximum atomic E-state index is 8.75. The van der Waals surface area contributed by atoms with E-state index < -0.39 is 0 Å². The first kappa shape index (κ1) is 11.5. The zero-order valence-corrected chi connectivity index (χ0v) is 10.1. The number of H-pyrrole nitrogens is 1. The van der Waals surface area contributed by atoms with E-state index in [1.807, 2.05) is 0 Å². The number of nitrogens with one attached hydrogen (secondary N) is 1.